The van der Waals surface area contributed by atoms with Crippen LogP contribution in [-0.2, 0) is 10.2 Å². The summed E-state index contributed by atoms with van der Waals surface area (Å²) in [5, 5.41) is 12.7. The van der Waals surface area contributed by atoms with E-state index in [4.69, 9.17) is 4.74 Å². The average Bonchev–Trinajstić information content (AvgIpc) is 3.29. The Morgan fingerprint density at radius 3 is 2.69 bits per heavy atom. The smallest absolute Gasteiger partial charge is 0.257 e. The molecule has 0 aliphatic heterocycles. The van der Waals surface area contributed by atoms with Crippen LogP contribution in [0.25, 0.3) is 0 Å². The first-order valence-electron chi connectivity index (χ1n) is 8.92. The van der Waals surface area contributed by atoms with Crippen molar-refractivity contribution in [3.63, 3.8) is 0 Å². The van der Waals surface area contributed by atoms with Gasteiger partial charge in [-0.05, 0) is 44.0 Å². The van der Waals surface area contributed by atoms with Crippen molar-refractivity contribution in [3.8, 4) is 5.75 Å². The normalized spacial score (nSPS) is 17.0. The average molecular weight is 377 g/mol. The molecule has 1 fully saturated rings. The molecule has 0 saturated heterocycles. The zero-order chi connectivity index (χ0) is 18.6. The number of para-hydroxylation sites is 1. The van der Waals surface area contributed by atoms with Crippen molar-refractivity contribution in [3.05, 3.63) is 52.0 Å². The van der Waals surface area contributed by atoms with Gasteiger partial charge in [-0.15, -0.1) is 11.3 Å². The zero-order valence-electron chi connectivity index (χ0n) is 14.8. The van der Waals surface area contributed by atoms with Crippen LogP contribution < -0.4 is 10.1 Å². The van der Waals surface area contributed by atoms with Gasteiger partial charge in [0.15, 0.2) is 18.2 Å². The second-order valence-electron chi connectivity index (χ2n) is 6.86. The number of ether oxygens (including phenoxy) is 1. The minimum absolute atomic E-state index is 0.0779. The van der Waals surface area contributed by atoms with Crippen molar-refractivity contribution >= 4 is 17.2 Å². The topological polar surface area (TPSA) is 58.6 Å². The van der Waals surface area contributed by atoms with Crippen molar-refractivity contribution < 1.29 is 19.0 Å². The molecule has 6 heteroatoms. The lowest BCUT2D eigenvalue weighted by atomic mass is 9.84. The molecular formula is C20H24FNO3S. The van der Waals surface area contributed by atoms with Crippen molar-refractivity contribution in [1.82, 2.24) is 5.32 Å². The molecule has 3 rings (SSSR count). The molecule has 1 aromatic carbocycles. The number of thiophene rings is 1. The molecule has 4 nitrogen and oxygen atoms in total. The van der Waals surface area contributed by atoms with Gasteiger partial charge in [-0.1, -0.05) is 25.0 Å². The molecule has 1 saturated carbocycles. The fraction of sp³-hybridized carbons (Fsp3) is 0.450. The maximum atomic E-state index is 13.5. The molecule has 1 heterocycles. The summed E-state index contributed by atoms with van der Waals surface area (Å²) >= 11 is 1.62. The molecule has 1 aliphatic rings. The van der Waals surface area contributed by atoms with Crippen LogP contribution in [0, 0.1) is 5.82 Å². The zero-order valence-corrected chi connectivity index (χ0v) is 15.7. The minimum Gasteiger partial charge on any atom is -0.481 e. The third-order valence-electron chi connectivity index (χ3n) is 4.94. The lowest BCUT2D eigenvalue weighted by molar-refractivity contribution is -0.123. The second-order valence-corrected chi connectivity index (χ2v) is 7.98. The molecule has 1 amide bonds. The number of benzene rings is 1. The molecule has 2 N–H and O–H groups in total. The molecule has 1 aliphatic carbocycles. The standard InChI is InChI=1S/C20H24FNO3S/c1-14(23)17-8-9-18(26-17)20(10-4-5-11-20)13-22-19(24)12-25-16-7-3-2-6-15(16)21/h2-3,6-9,14,23H,4-5,10-13H2,1H3,(H,22,24). The Morgan fingerprint density at radius 1 is 1.31 bits per heavy atom. The number of nitrogens with one attached hydrogen (secondary N) is 1. The van der Waals surface area contributed by atoms with E-state index >= 15 is 0 Å². The van der Waals surface area contributed by atoms with Crippen LogP contribution in [0.2, 0.25) is 0 Å². The van der Waals surface area contributed by atoms with Gasteiger partial charge in [0.2, 0.25) is 0 Å². The summed E-state index contributed by atoms with van der Waals surface area (Å²) in [7, 11) is 0. The lowest BCUT2D eigenvalue weighted by Gasteiger charge is -2.28. The van der Waals surface area contributed by atoms with Gasteiger partial charge in [0, 0.05) is 21.7 Å². The number of aliphatic hydroxyl groups excluding tert-OH is 1. The third-order valence-corrected chi connectivity index (χ3v) is 6.44. The molecular weight excluding hydrogens is 353 g/mol. The quantitative estimate of drug-likeness (QED) is 0.768. The Hall–Kier alpha value is -1.92. The van der Waals surface area contributed by atoms with Crippen LogP contribution >= 0.6 is 11.3 Å². The SMILES string of the molecule is CC(O)c1ccc(C2(CNC(=O)COc3ccccc3F)CCCC2)s1. The molecule has 26 heavy (non-hydrogen) atoms. The van der Waals surface area contributed by atoms with E-state index < -0.39 is 11.9 Å². The number of hydrogen-bond donors (Lipinski definition) is 2. The summed E-state index contributed by atoms with van der Waals surface area (Å²) in [5.41, 5.74) is -0.0779. The first-order valence-corrected chi connectivity index (χ1v) is 9.74. The maximum absolute atomic E-state index is 13.5. The first kappa shape index (κ1) is 18.9. The van der Waals surface area contributed by atoms with E-state index in [0.29, 0.717) is 6.54 Å². The number of amides is 1. The van der Waals surface area contributed by atoms with Gasteiger partial charge in [0.1, 0.15) is 0 Å². The van der Waals surface area contributed by atoms with Crippen LogP contribution in [0.5, 0.6) is 5.75 Å². The van der Waals surface area contributed by atoms with Gasteiger partial charge in [-0.2, -0.15) is 0 Å². The highest BCUT2D eigenvalue weighted by molar-refractivity contribution is 7.12. The third kappa shape index (κ3) is 4.24. The van der Waals surface area contributed by atoms with Gasteiger partial charge in [0.25, 0.3) is 5.91 Å². The number of carbonyl (C=O) groups excluding carboxylic acids is 1. The molecule has 1 unspecified atom stereocenters. The van der Waals surface area contributed by atoms with Gasteiger partial charge < -0.3 is 15.2 Å². The molecule has 0 bridgehead atoms. The van der Waals surface area contributed by atoms with E-state index in [1.54, 1.807) is 30.4 Å². The summed E-state index contributed by atoms with van der Waals surface area (Å²) in [6.07, 6.45) is 3.81. The number of carbonyl (C=O) groups is 1. The summed E-state index contributed by atoms with van der Waals surface area (Å²) in [6, 6.07) is 10.1. The van der Waals surface area contributed by atoms with E-state index in [2.05, 4.69) is 11.4 Å². The van der Waals surface area contributed by atoms with Gasteiger partial charge in [0.05, 0.1) is 6.10 Å². The summed E-state index contributed by atoms with van der Waals surface area (Å²) < 4.78 is 18.8. The summed E-state index contributed by atoms with van der Waals surface area (Å²) in [5.74, 6) is -0.651. The van der Waals surface area contributed by atoms with Crippen LogP contribution in [0.4, 0.5) is 4.39 Å². The number of halogens is 1. The second kappa shape index (κ2) is 8.18. The Bertz CT molecular complexity index is 753. The van der Waals surface area contributed by atoms with Crippen molar-refractivity contribution in [2.24, 2.45) is 0 Å². The Morgan fingerprint density at radius 2 is 2.04 bits per heavy atom. The molecule has 0 radical (unpaired) electrons. The van der Waals surface area contributed by atoms with Gasteiger partial charge >= 0.3 is 0 Å². The van der Waals surface area contributed by atoms with Crippen LogP contribution in [-0.4, -0.2) is 24.2 Å². The molecule has 140 valence electrons. The van der Waals surface area contributed by atoms with Crippen molar-refractivity contribution in [2.45, 2.75) is 44.1 Å². The van der Waals surface area contributed by atoms with E-state index in [-0.39, 0.29) is 23.7 Å². The fourth-order valence-electron chi connectivity index (χ4n) is 3.45. The van der Waals surface area contributed by atoms with E-state index in [0.717, 1.165) is 30.6 Å². The van der Waals surface area contributed by atoms with Crippen molar-refractivity contribution in [1.29, 1.82) is 0 Å². The highest BCUT2D eigenvalue weighted by Gasteiger charge is 2.37. The minimum atomic E-state index is -0.476. The summed E-state index contributed by atoms with van der Waals surface area (Å²) in [6.45, 7) is 2.09. The lowest BCUT2D eigenvalue weighted by Crippen LogP contribution is -2.40. The number of rotatable bonds is 7. The Labute approximate surface area is 157 Å². The monoisotopic (exact) mass is 377 g/mol. The van der Waals surface area contributed by atoms with E-state index in [9.17, 15) is 14.3 Å². The number of aliphatic hydroxyl groups is 1. The highest BCUT2D eigenvalue weighted by atomic mass is 32.1. The van der Waals surface area contributed by atoms with Crippen LogP contribution in [0.1, 0.15) is 48.5 Å². The van der Waals surface area contributed by atoms with Crippen molar-refractivity contribution in [2.75, 3.05) is 13.2 Å². The predicted molar refractivity (Wildman–Crippen MR) is 100 cm³/mol. The molecule has 1 aromatic heterocycles. The fourth-order valence-corrected chi connectivity index (χ4v) is 4.64. The molecule has 0 spiro atoms. The highest BCUT2D eigenvalue weighted by Crippen LogP contribution is 2.44. The van der Waals surface area contributed by atoms with E-state index in [1.165, 1.54) is 17.0 Å². The number of hydrogen-bond acceptors (Lipinski definition) is 4. The van der Waals surface area contributed by atoms with Crippen LogP contribution in [0.3, 0.4) is 0 Å². The Balaban J connectivity index is 1.60. The summed E-state index contributed by atoms with van der Waals surface area (Å²) in [4.78, 5) is 14.3. The van der Waals surface area contributed by atoms with E-state index in [1.807, 2.05) is 6.07 Å². The van der Waals surface area contributed by atoms with Gasteiger partial charge in [-0.25, -0.2) is 4.39 Å². The van der Waals surface area contributed by atoms with Gasteiger partial charge in [-0.3, -0.25) is 4.79 Å². The predicted octanol–water partition coefficient (Wildman–Crippen LogP) is 3.95. The Kier molecular flexibility index (Phi) is 5.94. The van der Waals surface area contributed by atoms with Crippen LogP contribution in [0.15, 0.2) is 36.4 Å². The maximum Gasteiger partial charge on any atom is 0.257 e. The first-order chi connectivity index (χ1) is 12.5. The largest absolute Gasteiger partial charge is 0.481 e. The molecule has 1 atom stereocenters. The molecule has 2 aromatic rings.